The number of hydrogen-bond donors (Lipinski definition) is 1. The fraction of sp³-hybridized carbons (Fsp3) is 0.379. The van der Waals surface area contributed by atoms with Gasteiger partial charge in [0.15, 0.2) is 0 Å². The molecule has 1 N–H and O–H groups in total. The van der Waals surface area contributed by atoms with Crippen LogP contribution in [0.1, 0.15) is 67.6 Å². The zero-order valence-electron chi connectivity index (χ0n) is 20.9. The Balaban J connectivity index is 1.59. The maximum Gasteiger partial charge on any atom is 0.262 e. The van der Waals surface area contributed by atoms with Gasteiger partial charge in [0.2, 0.25) is 12.3 Å². The zero-order valence-corrected chi connectivity index (χ0v) is 20.9. The van der Waals surface area contributed by atoms with Crippen molar-refractivity contribution in [3.63, 3.8) is 0 Å². The number of nitrogens with zero attached hydrogens (tertiary/aromatic N) is 3. The first-order chi connectivity index (χ1) is 17.5. The summed E-state index contributed by atoms with van der Waals surface area (Å²) in [4.78, 5) is 43.7. The number of fused-ring (bicyclic) bond motifs is 1. The van der Waals surface area contributed by atoms with Crippen LogP contribution in [-0.4, -0.2) is 39.9 Å². The summed E-state index contributed by atoms with van der Waals surface area (Å²) >= 11 is 0. The second kappa shape index (κ2) is 11.8. The number of likely N-dealkylation sites (tertiary alicyclic amines) is 1. The first-order valence-corrected chi connectivity index (χ1v) is 12.6. The van der Waals surface area contributed by atoms with Crippen LogP contribution in [0.3, 0.4) is 0 Å². The molecule has 3 aromatic rings. The molecule has 36 heavy (non-hydrogen) atoms. The summed E-state index contributed by atoms with van der Waals surface area (Å²) in [6, 6.07) is 12.9. The van der Waals surface area contributed by atoms with Crippen LogP contribution in [0, 0.1) is 18.8 Å². The van der Waals surface area contributed by atoms with Crippen molar-refractivity contribution < 1.29 is 9.59 Å². The van der Waals surface area contributed by atoms with E-state index in [2.05, 4.69) is 39.2 Å². The van der Waals surface area contributed by atoms with Crippen molar-refractivity contribution in [2.75, 3.05) is 13.1 Å². The number of rotatable bonds is 7. The van der Waals surface area contributed by atoms with Crippen molar-refractivity contribution in [2.24, 2.45) is 0 Å². The van der Waals surface area contributed by atoms with E-state index in [1.807, 2.05) is 25.1 Å². The molecular formula is C29H32N4O3. The molecule has 0 radical (unpaired) electrons. The van der Waals surface area contributed by atoms with Gasteiger partial charge < -0.3 is 0 Å². The number of imide groups is 1. The summed E-state index contributed by atoms with van der Waals surface area (Å²) in [6.07, 6.45) is 5.32. The zero-order chi connectivity index (χ0) is 25.5. The van der Waals surface area contributed by atoms with Gasteiger partial charge in [-0.1, -0.05) is 43.7 Å². The highest BCUT2D eigenvalue weighted by molar-refractivity contribution is 5.89. The molecule has 0 saturated carbocycles. The monoisotopic (exact) mass is 484 g/mol. The summed E-state index contributed by atoms with van der Waals surface area (Å²) in [5.41, 5.74) is 3.12. The second-order valence-corrected chi connectivity index (χ2v) is 9.28. The van der Waals surface area contributed by atoms with Gasteiger partial charge in [0.25, 0.3) is 5.56 Å². The van der Waals surface area contributed by atoms with Crippen molar-refractivity contribution in [1.82, 2.24) is 19.8 Å². The maximum absolute atomic E-state index is 13.4. The average Bonchev–Trinajstić information content (AvgIpc) is 2.88. The quantitative estimate of drug-likeness (QED) is 0.408. The van der Waals surface area contributed by atoms with Crippen molar-refractivity contribution in [3.05, 3.63) is 75.3 Å². The minimum atomic E-state index is -0.803. The molecule has 0 spiro atoms. The van der Waals surface area contributed by atoms with Gasteiger partial charge in [0.05, 0.1) is 10.9 Å². The van der Waals surface area contributed by atoms with Crippen molar-refractivity contribution in [2.45, 2.75) is 58.5 Å². The van der Waals surface area contributed by atoms with Crippen LogP contribution in [0.15, 0.2) is 47.3 Å². The summed E-state index contributed by atoms with van der Waals surface area (Å²) < 4.78 is 1.38. The van der Waals surface area contributed by atoms with E-state index in [4.69, 9.17) is 0 Å². The van der Waals surface area contributed by atoms with E-state index in [-0.39, 0.29) is 5.56 Å². The molecule has 2 amide bonds. The molecule has 1 aliphatic heterocycles. The molecule has 4 rings (SSSR count). The fourth-order valence-corrected chi connectivity index (χ4v) is 4.77. The smallest absolute Gasteiger partial charge is 0.262 e. The van der Waals surface area contributed by atoms with Gasteiger partial charge in [-0.3, -0.25) is 29.2 Å². The van der Waals surface area contributed by atoms with Gasteiger partial charge in [0, 0.05) is 17.7 Å². The second-order valence-electron chi connectivity index (χ2n) is 9.28. The molecule has 1 aromatic heterocycles. The topological polar surface area (TPSA) is 84.3 Å². The van der Waals surface area contributed by atoms with Gasteiger partial charge in [-0.15, -0.1) is 0 Å². The molecule has 1 atom stereocenters. The van der Waals surface area contributed by atoms with Gasteiger partial charge in [0.1, 0.15) is 11.9 Å². The van der Waals surface area contributed by atoms with Crippen LogP contribution in [0.5, 0.6) is 0 Å². The summed E-state index contributed by atoms with van der Waals surface area (Å²) in [5, 5.41) is 2.57. The Kier molecular flexibility index (Phi) is 8.29. The maximum atomic E-state index is 13.4. The number of hydrogen-bond acceptors (Lipinski definition) is 5. The van der Waals surface area contributed by atoms with Crippen LogP contribution in [0.4, 0.5) is 0 Å². The van der Waals surface area contributed by atoms with E-state index >= 15 is 0 Å². The average molecular weight is 485 g/mol. The number of aromatic nitrogens is 2. The van der Waals surface area contributed by atoms with Crippen LogP contribution in [0.25, 0.3) is 10.9 Å². The Hall–Kier alpha value is -3.76. The first-order valence-electron chi connectivity index (χ1n) is 12.6. The molecule has 7 nitrogen and oxygen atoms in total. The van der Waals surface area contributed by atoms with Crippen molar-refractivity contribution in [1.29, 1.82) is 0 Å². The van der Waals surface area contributed by atoms with Crippen molar-refractivity contribution in [3.8, 4) is 11.8 Å². The van der Waals surface area contributed by atoms with Crippen LogP contribution in [-0.2, 0) is 16.1 Å². The van der Waals surface area contributed by atoms with E-state index in [9.17, 15) is 14.4 Å². The Morgan fingerprint density at radius 2 is 1.78 bits per heavy atom. The molecule has 1 unspecified atom stereocenters. The lowest BCUT2D eigenvalue weighted by molar-refractivity contribution is -0.128. The third-order valence-electron chi connectivity index (χ3n) is 6.61. The van der Waals surface area contributed by atoms with Crippen LogP contribution >= 0.6 is 0 Å². The highest BCUT2D eigenvalue weighted by atomic mass is 16.2. The molecule has 2 aromatic carbocycles. The third-order valence-corrected chi connectivity index (χ3v) is 6.61. The number of aryl methyl sites for hydroxylation is 1. The summed E-state index contributed by atoms with van der Waals surface area (Å²) in [6.45, 7) is 6.92. The number of benzene rings is 2. The molecule has 0 bridgehead atoms. The Morgan fingerprint density at radius 3 is 2.47 bits per heavy atom. The van der Waals surface area contributed by atoms with Gasteiger partial charge in [-0.25, -0.2) is 4.98 Å². The SMILES string of the molecule is CCCC(C(=O)NC=O)n1c(C)nc2ccc(C#Cc3ccc(CN4CCCCC4)cc3)cc2c1=O. The Labute approximate surface area is 211 Å². The Morgan fingerprint density at radius 1 is 1.08 bits per heavy atom. The van der Waals surface area contributed by atoms with Gasteiger partial charge in [-0.05, 0) is 75.2 Å². The number of nitrogens with one attached hydrogen (secondary N) is 1. The van der Waals surface area contributed by atoms with Gasteiger partial charge in [-0.2, -0.15) is 0 Å². The van der Waals surface area contributed by atoms with E-state index in [0.717, 1.165) is 12.1 Å². The molecule has 186 valence electrons. The minimum absolute atomic E-state index is 0.317. The molecule has 1 fully saturated rings. The number of amides is 2. The predicted molar refractivity (Wildman–Crippen MR) is 140 cm³/mol. The normalized spacial score (nSPS) is 14.6. The first kappa shape index (κ1) is 25.3. The Bertz CT molecular complexity index is 1360. The van der Waals surface area contributed by atoms with E-state index in [0.29, 0.717) is 41.5 Å². The summed E-state index contributed by atoms with van der Waals surface area (Å²) in [7, 11) is 0. The third kappa shape index (κ3) is 5.89. The van der Waals surface area contributed by atoms with Crippen molar-refractivity contribution >= 4 is 23.2 Å². The van der Waals surface area contributed by atoms with E-state index in [1.165, 1.54) is 42.5 Å². The fourth-order valence-electron chi connectivity index (χ4n) is 4.77. The predicted octanol–water partition coefficient (Wildman–Crippen LogP) is 3.70. The lowest BCUT2D eigenvalue weighted by atomic mass is 10.1. The largest absolute Gasteiger partial charge is 0.299 e. The molecule has 1 saturated heterocycles. The summed E-state index contributed by atoms with van der Waals surface area (Å²) in [5.74, 6) is 6.25. The molecular weight excluding hydrogens is 452 g/mol. The van der Waals surface area contributed by atoms with Crippen LogP contribution < -0.4 is 10.9 Å². The van der Waals surface area contributed by atoms with Crippen LogP contribution in [0.2, 0.25) is 0 Å². The van der Waals surface area contributed by atoms with E-state index in [1.54, 1.807) is 19.1 Å². The van der Waals surface area contributed by atoms with Gasteiger partial charge >= 0.3 is 0 Å². The highest BCUT2D eigenvalue weighted by Crippen LogP contribution is 2.18. The minimum Gasteiger partial charge on any atom is -0.299 e. The molecule has 0 aliphatic carbocycles. The molecule has 1 aliphatic rings. The van der Waals surface area contributed by atoms with E-state index < -0.39 is 11.9 Å². The standard InChI is InChI=1S/C29H32N4O3/c1-3-7-27(28(35)30-20-34)33-21(2)31-26-15-14-23(18-25(26)29(33)36)11-8-22-9-12-24(13-10-22)19-32-16-5-4-6-17-32/h9-10,12-15,18,20,27H,3-7,16-17,19H2,1-2H3,(H,30,34,35). The lowest BCUT2D eigenvalue weighted by Crippen LogP contribution is -2.38. The molecule has 7 heteroatoms. The lowest BCUT2D eigenvalue weighted by Gasteiger charge is -2.26. The number of piperidine rings is 1. The highest BCUT2D eigenvalue weighted by Gasteiger charge is 2.23. The molecule has 2 heterocycles. The number of carbonyl (C=O) groups is 2. The number of carbonyl (C=O) groups excluding carboxylic acids is 2.